The molecule has 0 spiro atoms. The number of carbonyl (C=O) groups excluding carboxylic acids is 1. The minimum Gasteiger partial charge on any atom is -0.341 e. The van der Waals surface area contributed by atoms with Crippen molar-refractivity contribution in [2.75, 3.05) is 13.1 Å². The highest BCUT2D eigenvalue weighted by Crippen LogP contribution is 2.22. The zero-order chi connectivity index (χ0) is 16.9. The Balaban J connectivity index is 1.46. The van der Waals surface area contributed by atoms with Crippen LogP contribution < -0.4 is 0 Å². The molecule has 0 bridgehead atoms. The number of hydrogen-bond acceptors (Lipinski definition) is 5. The van der Waals surface area contributed by atoms with Crippen LogP contribution in [-0.2, 0) is 11.2 Å². The Morgan fingerprint density at radius 3 is 3.04 bits per heavy atom. The van der Waals surface area contributed by atoms with Crippen molar-refractivity contribution in [3.05, 3.63) is 30.4 Å². The first kappa shape index (κ1) is 16.7. The van der Waals surface area contributed by atoms with E-state index in [2.05, 4.69) is 19.7 Å². The van der Waals surface area contributed by atoms with Crippen LogP contribution in [0.2, 0.25) is 0 Å². The highest BCUT2D eigenvalue weighted by atomic mass is 16.5. The number of aryl methyl sites for hydroxylation is 1. The van der Waals surface area contributed by atoms with Gasteiger partial charge in [0, 0.05) is 44.2 Å². The van der Waals surface area contributed by atoms with E-state index < -0.39 is 0 Å². The van der Waals surface area contributed by atoms with Crippen LogP contribution in [0, 0.1) is 0 Å². The third-order valence-corrected chi connectivity index (χ3v) is 4.48. The lowest BCUT2D eigenvalue weighted by Crippen LogP contribution is -2.40. The van der Waals surface area contributed by atoms with Crippen LogP contribution in [0.3, 0.4) is 0 Å². The fraction of sp³-hybridized carbons (Fsp3) is 0.647. The van der Waals surface area contributed by atoms with Crippen LogP contribution in [0.4, 0.5) is 0 Å². The molecule has 2 aromatic rings. The Morgan fingerprint density at radius 1 is 1.46 bits per heavy atom. The van der Waals surface area contributed by atoms with E-state index in [9.17, 15) is 4.79 Å². The third kappa shape index (κ3) is 4.01. The lowest BCUT2D eigenvalue weighted by atomic mass is 10.0. The number of rotatable bonds is 6. The lowest BCUT2D eigenvalue weighted by molar-refractivity contribution is -0.132. The number of carbonyl (C=O) groups is 1. The Labute approximate surface area is 142 Å². The third-order valence-electron chi connectivity index (χ3n) is 4.48. The number of likely N-dealkylation sites (tertiary alicyclic amines) is 1. The second kappa shape index (κ2) is 7.59. The summed E-state index contributed by atoms with van der Waals surface area (Å²) in [5.41, 5.74) is 0. The minimum atomic E-state index is 0.211. The smallest absolute Gasteiger partial charge is 0.226 e. The molecular formula is C17H25N5O2. The van der Waals surface area contributed by atoms with E-state index in [1.807, 2.05) is 31.3 Å². The standard InChI is InChI=1S/C17H25N5O2/c1-13(2)17-19-15(24-20-17)6-3-7-16(23)21-9-4-5-14(11-21)22-10-8-18-12-22/h8,10,12-14H,3-7,9,11H2,1-2H3/t14-/m1/s1. The fourth-order valence-electron chi connectivity index (χ4n) is 3.06. The Bertz CT molecular complexity index is 650. The van der Waals surface area contributed by atoms with Crippen molar-refractivity contribution in [1.29, 1.82) is 0 Å². The van der Waals surface area contributed by atoms with E-state index in [1.165, 1.54) is 0 Å². The molecule has 1 amide bonds. The van der Waals surface area contributed by atoms with Crippen LogP contribution in [0.15, 0.2) is 23.2 Å². The van der Waals surface area contributed by atoms with E-state index in [0.29, 0.717) is 24.8 Å². The van der Waals surface area contributed by atoms with Crippen molar-refractivity contribution in [1.82, 2.24) is 24.6 Å². The molecule has 3 rings (SSSR count). The average molecular weight is 331 g/mol. The number of amides is 1. The lowest BCUT2D eigenvalue weighted by Gasteiger charge is -2.33. The van der Waals surface area contributed by atoms with Crippen LogP contribution in [0.5, 0.6) is 0 Å². The SMILES string of the molecule is CC(C)c1noc(CCCC(=O)N2CCC[C@@H](n3ccnc3)C2)n1. The van der Waals surface area contributed by atoms with Gasteiger partial charge in [0.15, 0.2) is 5.82 Å². The van der Waals surface area contributed by atoms with Crippen molar-refractivity contribution < 1.29 is 9.32 Å². The van der Waals surface area contributed by atoms with Gasteiger partial charge < -0.3 is 14.0 Å². The molecule has 1 aliphatic rings. The van der Waals surface area contributed by atoms with Crippen LogP contribution in [0.1, 0.15) is 63.2 Å². The molecular weight excluding hydrogens is 306 g/mol. The van der Waals surface area contributed by atoms with Gasteiger partial charge in [-0.05, 0) is 19.3 Å². The molecule has 3 heterocycles. The van der Waals surface area contributed by atoms with E-state index in [1.54, 1.807) is 6.20 Å². The normalized spacial score (nSPS) is 18.3. The summed E-state index contributed by atoms with van der Waals surface area (Å²) in [4.78, 5) is 22.9. The van der Waals surface area contributed by atoms with Gasteiger partial charge in [-0.25, -0.2) is 4.98 Å². The molecule has 0 N–H and O–H groups in total. The number of nitrogens with zero attached hydrogens (tertiary/aromatic N) is 5. The van der Waals surface area contributed by atoms with Gasteiger partial charge in [0.25, 0.3) is 0 Å². The molecule has 24 heavy (non-hydrogen) atoms. The first-order valence-corrected chi connectivity index (χ1v) is 8.71. The topological polar surface area (TPSA) is 77.0 Å². The monoisotopic (exact) mass is 331 g/mol. The summed E-state index contributed by atoms with van der Waals surface area (Å²) in [7, 11) is 0. The summed E-state index contributed by atoms with van der Waals surface area (Å²) in [5.74, 6) is 1.83. The van der Waals surface area contributed by atoms with Gasteiger partial charge in [-0.2, -0.15) is 4.98 Å². The maximum absolute atomic E-state index is 12.5. The summed E-state index contributed by atoms with van der Waals surface area (Å²) in [5, 5.41) is 3.95. The van der Waals surface area contributed by atoms with E-state index in [4.69, 9.17) is 4.52 Å². The Kier molecular flexibility index (Phi) is 5.27. The first-order valence-electron chi connectivity index (χ1n) is 8.71. The molecule has 130 valence electrons. The fourth-order valence-corrected chi connectivity index (χ4v) is 3.06. The highest BCUT2D eigenvalue weighted by molar-refractivity contribution is 5.76. The predicted molar refractivity (Wildman–Crippen MR) is 88.4 cm³/mol. The molecule has 2 aromatic heterocycles. The summed E-state index contributed by atoms with van der Waals surface area (Å²) in [6.07, 6.45) is 9.65. The van der Waals surface area contributed by atoms with Crippen LogP contribution in [-0.4, -0.2) is 43.6 Å². The Morgan fingerprint density at radius 2 is 2.33 bits per heavy atom. The van der Waals surface area contributed by atoms with Gasteiger partial charge in [0.05, 0.1) is 12.4 Å². The summed E-state index contributed by atoms with van der Waals surface area (Å²) < 4.78 is 7.33. The second-order valence-electron chi connectivity index (χ2n) is 6.70. The molecule has 0 aromatic carbocycles. The molecule has 0 unspecified atom stereocenters. The van der Waals surface area contributed by atoms with Gasteiger partial charge in [0.2, 0.25) is 11.8 Å². The quantitative estimate of drug-likeness (QED) is 0.813. The zero-order valence-corrected chi connectivity index (χ0v) is 14.4. The summed E-state index contributed by atoms with van der Waals surface area (Å²) in [6, 6.07) is 0.342. The van der Waals surface area contributed by atoms with Gasteiger partial charge in [-0.3, -0.25) is 4.79 Å². The number of imidazole rings is 1. The molecule has 1 fully saturated rings. The molecule has 7 nitrogen and oxygen atoms in total. The maximum Gasteiger partial charge on any atom is 0.226 e. The molecule has 1 atom stereocenters. The van der Waals surface area contributed by atoms with Gasteiger partial charge >= 0.3 is 0 Å². The van der Waals surface area contributed by atoms with E-state index in [-0.39, 0.29) is 11.8 Å². The molecule has 0 aliphatic carbocycles. The molecule has 0 radical (unpaired) electrons. The number of aromatic nitrogens is 4. The van der Waals surface area contributed by atoms with E-state index in [0.717, 1.165) is 38.2 Å². The van der Waals surface area contributed by atoms with Crippen molar-refractivity contribution in [3.8, 4) is 0 Å². The van der Waals surface area contributed by atoms with Crippen molar-refractivity contribution in [3.63, 3.8) is 0 Å². The Hall–Kier alpha value is -2.18. The zero-order valence-electron chi connectivity index (χ0n) is 14.4. The largest absolute Gasteiger partial charge is 0.341 e. The van der Waals surface area contributed by atoms with Crippen molar-refractivity contribution in [2.24, 2.45) is 0 Å². The van der Waals surface area contributed by atoms with Crippen LogP contribution >= 0.6 is 0 Å². The van der Waals surface area contributed by atoms with Gasteiger partial charge in [-0.1, -0.05) is 19.0 Å². The highest BCUT2D eigenvalue weighted by Gasteiger charge is 2.24. The minimum absolute atomic E-state index is 0.211. The van der Waals surface area contributed by atoms with Crippen molar-refractivity contribution in [2.45, 2.75) is 57.9 Å². The second-order valence-corrected chi connectivity index (χ2v) is 6.70. The maximum atomic E-state index is 12.5. The summed E-state index contributed by atoms with van der Waals surface area (Å²) in [6.45, 7) is 5.69. The average Bonchev–Trinajstić information content (AvgIpc) is 3.27. The van der Waals surface area contributed by atoms with Gasteiger partial charge in [0.1, 0.15) is 0 Å². The summed E-state index contributed by atoms with van der Waals surface area (Å²) >= 11 is 0. The number of hydrogen-bond donors (Lipinski definition) is 0. The molecule has 1 saturated heterocycles. The van der Waals surface area contributed by atoms with Gasteiger partial charge in [-0.15, -0.1) is 0 Å². The first-order chi connectivity index (χ1) is 11.6. The van der Waals surface area contributed by atoms with Crippen LogP contribution in [0.25, 0.3) is 0 Å². The molecule has 1 aliphatic heterocycles. The molecule has 7 heteroatoms. The number of piperidine rings is 1. The van der Waals surface area contributed by atoms with E-state index >= 15 is 0 Å². The molecule has 0 saturated carbocycles. The predicted octanol–water partition coefficient (Wildman–Crippen LogP) is 2.58. The van der Waals surface area contributed by atoms with Crippen molar-refractivity contribution >= 4 is 5.91 Å².